The van der Waals surface area contributed by atoms with Crippen LogP contribution in [-0.2, 0) is 52.4 Å². The van der Waals surface area contributed by atoms with Crippen LogP contribution in [0.2, 0.25) is 31.6 Å². The van der Waals surface area contributed by atoms with E-state index in [1.165, 1.54) is 0 Å². The molecule has 0 bridgehead atoms. The summed E-state index contributed by atoms with van der Waals surface area (Å²) >= 11 is -3.78. The molecule has 0 fully saturated rings. The van der Waals surface area contributed by atoms with Crippen molar-refractivity contribution in [2.75, 3.05) is 0 Å². The van der Waals surface area contributed by atoms with E-state index in [2.05, 4.69) is 0 Å². The molecule has 15 heavy (non-hydrogen) atoms. The molecule has 0 saturated heterocycles. The molecule has 6 heteroatoms. The Kier molecular flexibility index (Phi) is 9.55. The summed E-state index contributed by atoms with van der Waals surface area (Å²) in [5.41, 5.74) is 0. The van der Waals surface area contributed by atoms with Crippen LogP contribution in [0.15, 0.2) is 0 Å². The van der Waals surface area contributed by atoms with Crippen LogP contribution in [-0.4, -0.2) is 0 Å². The molecule has 3 nitrogen and oxygen atoms in total. The second-order valence-electron chi connectivity index (χ2n) is 2.57. The van der Waals surface area contributed by atoms with Gasteiger partial charge in [-0.15, -0.1) is 0 Å². The zero-order chi connectivity index (χ0) is 11.8. The molecule has 0 aliphatic heterocycles. The second kappa shape index (κ2) is 9.00. The van der Waals surface area contributed by atoms with Crippen molar-refractivity contribution in [2.45, 2.75) is 52.4 Å². The average Bonchev–Trinajstić information content (AvgIpc) is 2.26. The van der Waals surface area contributed by atoms with Crippen molar-refractivity contribution in [1.82, 2.24) is 0 Å². The zero-order valence-electron chi connectivity index (χ0n) is 9.34. The SMILES string of the molecule is C[CH2][Co](=[O])[CH2][CH]([CH2][Co](=[O])[CH2]C)[Co](=[O])[CH2]C. The summed E-state index contributed by atoms with van der Waals surface area (Å²) in [7, 11) is 0. The fraction of sp³-hybridized carbons (Fsp3) is 1.00. The number of hydrogen-bond acceptors (Lipinski definition) is 3. The average molecular weight is 353 g/mol. The first-order valence-corrected chi connectivity index (χ1v) is 10.3. The topological polar surface area (TPSA) is 51.2 Å². The summed E-state index contributed by atoms with van der Waals surface area (Å²) in [6.45, 7) is 5.60. The van der Waals surface area contributed by atoms with Gasteiger partial charge in [-0.1, -0.05) is 0 Å². The molecule has 0 aliphatic rings. The summed E-state index contributed by atoms with van der Waals surface area (Å²) in [6.07, 6.45) is 0. The number of hydrogen-bond donors (Lipinski definition) is 0. The first-order chi connectivity index (χ1) is 7.04. The van der Waals surface area contributed by atoms with Crippen molar-refractivity contribution in [3.05, 3.63) is 0 Å². The molecule has 0 aromatic carbocycles. The maximum absolute atomic E-state index is 11.7. The summed E-state index contributed by atoms with van der Waals surface area (Å²) in [5, 5.41) is 2.80. The molecule has 0 atom stereocenters. The molecule has 0 heterocycles. The van der Waals surface area contributed by atoms with Gasteiger partial charge in [0.05, 0.1) is 0 Å². The molecule has 0 spiro atoms. The second-order valence-corrected chi connectivity index (χ2v) is 9.69. The summed E-state index contributed by atoms with van der Waals surface area (Å²) in [5.74, 6) is 0. The Labute approximate surface area is 104 Å². The molecule has 0 unspecified atom stereocenters. The Morgan fingerprint density at radius 1 is 0.800 bits per heavy atom. The van der Waals surface area contributed by atoms with Crippen LogP contribution < -0.4 is 0 Å². The molecule has 0 saturated carbocycles. The van der Waals surface area contributed by atoms with Gasteiger partial charge in [-0.05, 0) is 0 Å². The van der Waals surface area contributed by atoms with Gasteiger partial charge in [0, 0.05) is 0 Å². The van der Waals surface area contributed by atoms with Crippen molar-refractivity contribution < 1.29 is 52.4 Å². The van der Waals surface area contributed by atoms with Gasteiger partial charge < -0.3 is 0 Å². The molecule has 0 radical (unpaired) electrons. The van der Waals surface area contributed by atoms with Gasteiger partial charge in [-0.25, -0.2) is 0 Å². The van der Waals surface area contributed by atoms with Gasteiger partial charge in [0.25, 0.3) is 0 Å². The van der Waals surface area contributed by atoms with E-state index in [0.29, 0.717) is 26.8 Å². The van der Waals surface area contributed by atoms with E-state index in [9.17, 15) is 11.6 Å². The molecular weight excluding hydrogens is 333 g/mol. The van der Waals surface area contributed by atoms with Crippen LogP contribution in [0.25, 0.3) is 0 Å². The van der Waals surface area contributed by atoms with Crippen LogP contribution in [0.3, 0.4) is 0 Å². The molecule has 0 amide bonds. The van der Waals surface area contributed by atoms with E-state index < -0.39 is 40.8 Å². The zero-order valence-corrected chi connectivity index (χ0v) is 12.5. The fourth-order valence-electron chi connectivity index (χ4n) is 0.834. The monoisotopic (exact) mass is 353 g/mol. The van der Waals surface area contributed by atoms with E-state index in [1.807, 2.05) is 20.8 Å². The predicted molar refractivity (Wildman–Crippen MR) is 46.9 cm³/mol. The summed E-state index contributed by atoms with van der Waals surface area (Å²) in [4.78, 5) is -0.104. The molecule has 0 aromatic rings. The van der Waals surface area contributed by atoms with Crippen LogP contribution in [0, 0.1) is 0 Å². The van der Waals surface area contributed by atoms with Crippen LogP contribution in [0.4, 0.5) is 0 Å². The fourth-order valence-corrected chi connectivity index (χ4v) is 6.46. The normalized spacial score (nSPS) is 14.0. The number of rotatable bonds is 8. The third-order valence-corrected chi connectivity index (χ3v) is 7.96. The van der Waals surface area contributed by atoms with Gasteiger partial charge in [0.2, 0.25) is 0 Å². The van der Waals surface area contributed by atoms with E-state index in [-0.39, 0.29) is 4.85 Å². The van der Waals surface area contributed by atoms with Crippen molar-refractivity contribution in [3.8, 4) is 0 Å². The minimum atomic E-state index is -1.31. The van der Waals surface area contributed by atoms with Crippen LogP contribution >= 0.6 is 0 Å². The van der Waals surface area contributed by atoms with Crippen molar-refractivity contribution >= 4 is 0 Å². The van der Waals surface area contributed by atoms with Crippen LogP contribution in [0.1, 0.15) is 20.8 Å². The van der Waals surface area contributed by atoms with Crippen molar-refractivity contribution in [2.24, 2.45) is 0 Å². The van der Waals surface area contributed by atoms with Gasteiger partial charge >= 0.3 is 105 Å². The van der Waals surface area contributed by atoms with E-state index in [1.54, 1.807) is 0 Å². The molecule has 0 N–H and O–H groups in total. The molecule has 0 aromatic heterocycles. The third-order valence-electron chi connectivity index (χ3n) is 1.65. The van der Waals surface area contributed by atoms with Gasteiger partial charge in [-0.2, -0.15) is 0 Å². The molecule has 0 aliphatic carbocycles. The Hall–Kier alpha value is 0.919. The standard InChI is InChI=1S/C3H5.3C2H5.3Co.3O/c1-3-2;3*1-2;;;;;;/h3H,1-2H2;3*1H2,2H3;;;;;;. The first kappa shape index (κ1) is 15.9. The quantitative estimate of drug-likeness (QED) is 0.667. The molecule has 101 valence electrons. The molecular formula is C9H20Co3O3. The van der Waals surface area contributed by atoms with Gasteiger partial charge in [0.15, 0.2) is 0 Å². The Bertz CT molecular complexity index is 235. The van der Waals surface area contributed by atoms with Crippen LogP contribution in [0.5, 0.6) is 0 Å². The minimum absolute atomic E-state index is 0.104. The van der Waals surface area contributed by atoms with Gasteiger partial charge in [-0.3, -0.25) is 0 Å². The summed E-state index contributed by atoms with van der Waals surface area (Å²) < 4.78 is 34.6. The van der Waals surface area contributed by atoms with Gasteiger partial charge in [0.1, 0.15) is 0 Å². The Morgan fingerprint density at radius 2 is 1.20 bits per heavy atom. The van der Waals surface area contributed by atoms with E-state index in [0.717, 1.165) is 0 Å². The van der Waals surface area contributed by atoms with E-state index >= 15 is 0 Å². The Morgan fingerprint density at radius 3 is 1.47 bits per heavy atom. The van der Waals surface area contributed by atoms with Crippen molar-refractivity contribution in [1.29, 1.82) is 0 Å². The summed E-state index contributed by atoms with van der Waals surface area (Å²) in [6, 6.07) is 0. The molecule has 0 rings (SSSR count). The maximum atomic E-state index is 11.7. The van der Waals surface area contributed by atoms with E-state index in [4.69, 9.17) is 0 Å². The first-order valence-electron chi connectivity index (χ1n) is 4.72. The predicted octanol–water partition coefficient (Wildman–Crippen LogP) is 3.82. The third kappa shape index (κ3) is 6.96. The van der Waals surface area contributed by atoms with Crippen molar-refractivity contribution in [3.63, 3.8) is 0 Å². The Balaban J connectivity index is 4.37.